The highest BCUT2D eigenvalue weighted by atomic mass is 19.4. The van der Waals surface area contributed by atoms with E-state index >= 15 is 0 Å². The molecule has 1 aliphatic rings. The van der Waals surface area contributed by atoms with Gasteiger partial charge in [-0.3, -0.25) is 9.78 Å². The van der Waals surface area contributed by atoms with Crippen LogP contribution in [0, 0.1) is 5.82 Å². The fourth-order valence-corrected chi connectivity index (χ4v) is 3.58. The minimum atomic E-state index is -4.85. The van der Waals surface area contributed by atoms with Crippen molar-refractivity contribution < 1.29 is 41.4 Å². The molecule has 1 atom stereocenters. The monoisotopic (exact) mass is 520 g/mol. The SMILES string of the molecule is CCc1cc(C(=O)NC2CCOc3cccnc32)ccc1C(=O)OC.Fc1ccccc1OC(F)(F)F. The molecule has 3 aromatic rings. The first-order chi connectivity index (χ1) is 17.6. The standard InChI is InChI=1S/C19H20N2O4.C7H4F4O/c1-3-12-11-13(6-7-14(12)19(23)24-2)18(22)21-15-8-10-25-16-5-4-9-20-17(15)16;8-5-3-1-2-4-6(5)12-7(9,10)11/h4-7,9,11,15H,3,8,10H2,1-2H3,(H,21,22);1-4H. The average molecular weight is 520 g/mol. The molecule has 0 bridgehead atoms. The van der Waals surface area contributed by atoms with Crippen LogP contribution in [0.1, 0.15) is 51.4 Å². The zero-order valence-electron chi connectivity index (χ0n) is 20.0. The molecule has 11 heteroatoms. The number of carbonyl (C=O) groups excluding carboxylic acids is 2. The lowest BCUT2D eigenvalue weighted by Crippen LogP contribution is -2.33. The lowest BCUT2D eigenvalue weighted by Gasteiger charge is -2.25. The van der Waals surface area contributed by atoms with Crippen LogP contribution in [0.2, 0.25) is 0 Å². The van der Waals surface area contributed by atoms with E-state index in [1.165, 1.54) is 19.2 Å². The summed E-state index contributed by atoms with van der Waals surface area (Å²) in [5.41, 5.74) is 2.52. The van der Waals surface area contributed by atoms with Gasteiger partial charge < -0.3 is 19.5 Å². The largest absolute Gasteiger partial charge is 0.573 e. The Morgan fingerprint density at radius 1 is 1.14 bits per heavy atom. The van der Waals surface area contributed by atoms with Gasteiger partial charge in [0.05, 0.1) is 25.3 Å². The summed E-state index contributed by atoms with van der Waals surface area (Å²) < 4.78 is 60.8. The summed E-state index contributed by atoms with van der Waals surface area (Å²) in [5, 5.41) is 3.01. The van der Waals surface area contributed by atoms with Gasteiger partial charge in [-0.25, -0.2) is 9.18 Å². The lowest BCUT2D eigenvalue weighted by molar-refractivity contribution is -0.275. The first-order valence-electron chi connectivity index (χ1n) is 11.2. The van der Waals surface area contributed by atoms with Crippen molar-refractivity contribution in [3.8, 4) is 11.5 Å². The highest BCUT2D eigenvalue weighted by Crippen LogP contribution is 2.30. The van der Waals surface area contributed by atoms with E-state index in [2.05, 4.69) is 15.0 Å². The van der Waals surface area contributed by atoms with Gasteiger partial charge in [-0.2, -0.15) is 0 Å². The van der Waals surface area contributed by atoms with Crippen LogP contribution in [-0.2, 0) is 11.2 Å². The van der Waals surface area contributed by atoms with Crippen molar-refractivity contribution >= 4 is 11.9 Å². The number of ether oxygens (including phenoxy) is 3. The number of nitrogens with one attached hydrogen (secondary N) is 1. The van der Waals surface area contributed by atoms with Gasteiger partial charge in [-0.15, -0.1) is 13.2 Å². The lowest BCUT2D eigenvalue weighted by atomic mass is 10.0. The van der Waals surface area contributed by atoms with Crippen LogP contribution in [0.4, 0.5) is 17.6 Å². The predicted octanol–water partition coefficient (Wildman–Crippen LogP) is 5.41. The van der Waals surface area contributed by atoms with Crippen LogP contribution in [0.15, 0.2) is 60.8 Å². The number of alkyl halides is 3. The summed E-state index contributed by atoms with van der Waals surface area (Å²) in [7, 11) is 1.35. The Morgan fingerprint density at radius 2 is 1.89 bits per heavy atom. The van der Waals surface area contributed by atoms with Gasteiger partial charge in [-0.1, -0.05) is 19.1 Å². The highest BCUT2D eigenvalue weighted by molar-refractivity contribution is 5.97. The number of hydrogen-bond acceptors (Lipinski definition) is 6. The van der Waals surface area contributed by atoms with Crippen molar-refractivity contribution in [1.29, 1.82) is 0 Å². The van der Waals surface area contributed by atoms with Gasteiger partial charge in [0.25, 0.3) is 5.91 Å². The molecule has 196 valence electrons. The molecular weight excluding hydrogens is 496 g/mol. The quantitative estimate of drug-likeness (QED) is 0.358. The van der Waals surface area contributed by atoms with E-state index in [4.69, 9.17) is 9.47 Å². The average Bonchev–Trinajstić information content (AvgIpc) is 2.89. The normalized spacial score (nSPS) is 14.3. The van der Waals surface area contributed by atoms with Gasteiger partial charge in [0.15, 0.2) is 11.6 Å². The molecule has 0 aliphatic carbocycles. The molecular formula is C26H24F4N2O5. The Morgan fingerprint density at radius 3 is 2.57 bits per heavy atom. The molecule has 37 heavy (non-hydrogen) atoms. The first kappa shape index (κ1) is 27.4. The fraction of sp³-hybridized carbons (Fsp3) is 0.269. The van der Waals surface area contributed by atoms with E-state index < -0.39 is 23.9 Å². The fourth-order valence-electron chi connectivity index (χ4n) is 3.58. The Bertz CT molecular complexity index is 1250. The third-order valence-corrected chi connectivity index (χ3v) is 5.32. The zero-order chi connectivity index (χ0) is 27.0. The van der Waals surface area contributed by atoms with Crippen LogP contribution >= 0.6 is 0 Å². The van der Waals surface area contributed by atoms with Gasteiger partial charge in [-0.05, 0) is 54.4 Å². The number of carbonyl (C=O) groups is 2. The maximum absolute atomic E-state index is 12.6. The first-order valence-corrected chi connectivity index (χ1v) is 11.2. The molecule has 2 aromatic carbocycles. The summed E-state index contributed by atoms with van der Waals surface area (Å²) in [4.78, 5) is 28.8. The van der Waals surface area contributed by atoms with Crippen LogP contribution < -0.4 is 14.8 Å². The predicted molar refractivity (Wildman–Crippen MR) is 125 cm³/mol. The molecule has 0 saturated carbocycles. The number of nitrogens with zero attached hydrogens (tertiary/aromatic N) is 1. The minimum Gasteiger partial charge on any atom is -0.491 e. The second kappa shape index (κ2) is 12.2. The number of esters is 1. The zero-order valence-corrected chi connectivity index (χ0v) is 20.0. The van der Waals surface area contributed by atoms with E-state index in [1.807, 2.05) is 19.1 Å². The summed E-state index contributed by atoms with van der Waals surface area (Å²) in [6.07, 6.45) is -1.86. The van der Waals surface area contributed by atoms with E-state index in [9.17, 15) is 27.2 Å². The Labute approximate surface area is 210 Å². The summed E-state index contributed by atoms with van der Waals surface area (Å²) in [5.74, 6) is -1.74. The van der Waals surface area contributed by atoms with E-state index in [0.717, 1.165) is 23.4 Å². The van der Waals surface area contributed by atoms with Gasteiger partial charge in [0.1, 0.15) is 11.4 Å². The molecule has 0 saturated heterocycles. The van der Waals surface area contributed by atoms with Crippen molar-refractivity contribution in [2.45, 2.75) is 32.2 Å². The van der Waals surface area contributed by atoms with Crippen molar-refractivity contribution in [3.63, 3.8) is 0 Å². The topological polar surface area (TPSA) is 86.8 Å². The molecule has 1 amide bonds. The Hall–Kier alpha value is -4.15. The maximum Gasteiger partial charge on any atom is 0.573 e. The van der Waals surface area contributed by atoms with Crippen LogP contribution in [0.5, 0.6) is 11.5 Å². The van der Waals surface area contributed by atoms with Gasteiger partial charge >= 0.3 is 12.3 Å². The molecule has 0 spiro atoms. The molecule has 1 aliphatic heterocycles. The van der Waals surface area contributed by atoms with E-state index in [-0.39, 0.29) is 11.9 Å². The summed E-state index contributed by atoms with van der Waals surface area (Å²) in [6, 6.07) is 12.8. The Balaban J connectivity index is 0.000000266. The number of halogens is 4. The third kappa shape index (κ3) is 7.42. The number of amides is 1. The van der Waals surface area contributed by atoms with Crippen molar-refractivity contribution in [2.75, 3.05) is 13.7 Å². The molecule has 0 radical (unpaired) electrons. The number of methoxy groups -OCH3 is 1. The van der Waals surface area contributed by atoms with Crippen molar-refractivity contribution in [1.82, 2.24) is 10.3 Å². The van der Waals surface area contributed by atoms with Crippen LogP contribution in [0.3, 0.4) is 0 Å². The van der Waals surface area contributed by atoms with Crippen molar-refractivity contribution in [2.24, 2.45) is 0 Å². The molecule has 7 nitrogen and oxygen atoms in total. The molecule has 0 fully saturated rings. The number of fused-ring (bicyclic) bond motifs is 1. The van der Waals surface area contributed by atoms with Crippen molar-refractivity contribution in [3.05, 3.63) is 89.0 Å². The third-order valence-electron chi connectivity index (χ3n) is 5.32. The summed E-state index contributed by atoms with van der Waals surface area (Å²) in [6.45, 7) is 2.47. The van der Waals surface area contributed by atoms with Crippen LogP contribution in [0.25, 0.3) is 0 Å². The van der Waals surface area contributed by atoms with Crippen LogP contribution in [-0.4, -0.2) is 36.9 Å². The second-order valence-corrected chi connectivity index (χ2v) is 7.75. The highest BCUT2D eigenvalue weighted by Gasteiger charge is 2.32. The number of pyridine rings is 1. The Kier molecular flexibility index (Phi) is 9.05. The number of rotatable bonds is 5. The minimum absolute atomic E-state index is 0.192. The maximum atomic E-state index is 12.6. The second-order valence-electron chi connectivity index (χ2n) is 7.75. The molecule has 2 heterocycles. The number of benzene rings is 2. The number of aryl methyl sites for hydroxylation is 1. The molecule has 1 N–H and O–H groups in total. The van der Waals surface area contributed by atoms with E-state index in [1.54, 1.807) is 24.4 Å². The van der Waals surface area contributed by atoms with E-state index in [0.29, 0.717) is 36.3 Å². The smallest absolute Gasteiger partial charge is 0.491 e. The number of para-hydroxylation sites is 1. The number of hydrogen-bond donors (Lipinski definition) is 1. The summed E-state index contributed by atoms with van der Waals surface area (Å²) >= 11 is 0. The number of aromatic nitrogens is 1. The molecule has 1 unspecified atom stereocenters. The molecule has 1 aromatic heterocycles. The van der Waals surface area contributed by atoms with Gasteiger partial charge in [0.2, 0.25) is 0 Å². The molecule has 4 rings (SSSR count). The van der Waals surface area contributed by atoms with Gasteiger partial charge in [0, 0.05) is 18.2 Å².